The van der Waals surface area contributed by atoms with E-state index in [2.05, 4.69) is 20.8 Å². The normalized spacial score (nSPS) is 28.2. The van der Waals surface area contributed by atoms with E-state index in [4.69, 9.17) is 0 Å². The highest BCUT2D eigenvalue weighted by Gasteiger charge is 2.49. The molecule has 98 valence electrons. The lowest BCUT2D eigenvalue weighted by Gasteiger charge is -2.44. The summed E-state index contributed by atoms with van der Waals surface area (Å²) in [7, 11) is 0. The molecule has 2 amide bonds. The van der Waals surface area contributed by atoms with Gasteiger partial charge in [0, 0.05) is 12.6 Å². The Balaban J connectivity index is 2.00. The number of urea groups is 1. The van der Waals surface area contributed by atoms with Crippen LogP contribution in [0.3, 0.4) is 0 Å². The van der Waals surface area contributed by atoms with E-state index in [9.17, 15) is 13.6 Å². The summed E-state index contributed by atoms with van der Waals surface area (Å²) in [4.78, 5) is 15.1. The lowest BCUT2D eigenvalue weighted by Crippen LogP contribution is -2.62. The quantitative estimate of drug-likeness (QED) is 0.644. The van der Waals surface area contributed by atoms with E-state index in [1.165, 1.54) is 4.90 Å². The third-order valence-electron chi connectivity index (χ3n) is 3.61. The Kier molecular flexibility index (Phi) is 2.83. The maximum Gasteiger partial charge on any atom is 0.320 e. The van der Waals surface area contributed by atoms with Crippen molar-refractivity contribution in [3.8, 4) is 0 Å². The second kappa shape index (κ2) is 3.82. The summed E-state index contributed by atoms with van der Waals surface area (Å²) in [5.41, 5.74) is 0.0134. The average Bonchev–Trinajstić information content (AvgIpc) is 2.60. The Labute approximate surface area is 101 Å². The van der Waals surface area contributed by atoms with E-state index < -0.39 is 19.0 Å². The zero-order valence-electron chi connectivity index (χ0n) is 10.7. The minimum absolute atomic E-state index is 0.0134. The van der Waals surface area contributed by atoms with Crippen molar-refractivity contribution in [2.75, 3.05) is 19.6 Å². The fourth-order valence-electron chi connectivity index (χ4n) is 2.73. The summed E-state index contributed by atoms with van der Waals surface area (Å²) in [5.74, 6) is -2.67. The second-order valence-electron chi connectivity index (χ2n) is 6.21. The number of likely N-dealkylation sites (tertiary alicyclic amines) is 2. The molecular weight excluding hydrogens is 226 g/mol. The Bertz CT molecular complexity index is 317. The van der Waals surface area contributed by atoms with Crippen LogP contribution >= 0.6 is 0 Å². The van der Waals surface area contributed by atoms with Crippen LogP contribution in [0.15, 0.2) is 0 Å². The molecule has 0 aliphatic carbocycles. The van der Waals surface area contributed by atoms with Crippen LogP contribution in [0.25, 0.3) is 0 Å². The molecule has 2 saturated heterocycles. The molecule has 1 atom stereocenters. The Hall–Kier alpha value is -0.870. The van der Waals surface area contributed by atoms with Gasteiger partial charge in [-0.1, -0.05) is 20.8 Å². The molecule has 2 aliphatic heterocycles. The molecule has 0 aromatic heterocycles. The molecule has 5 heteroatoms. The number of hydrogen-bond donors (Lipinski definition) is 0. The largest absolute Gasteiger partial charge is 0.321 e. The highest BCUT2D eigenvalue weighted by Crippen LogP contribution is 2.35. The van der Waals surface area contributed by atoms with Gasteiger partial charge in [0.1, 0.15) is 0 Å². The van der Waals surface area contributed by atoms with E-state index in [1.807, 2.05) is 0 Å². The zero-order valence-corrected chi connectivity index (χ0v) is 10.7. The highest BCUT2D eigenvalue weighted by atomic mass is 19.3. The maximum atomic E-state index is 12.8. The molecule has 0 saturated carbocycles. The van der Waals surface area contributed by atoms with Crippen LogP contribution in [-0.2, 0) is 0 Å². The van der Waals surface area contributed by atoms with Crippen LogP contribution < -0.4 is 0 Å². The molecule has 2 heterocycles. The molecule has 0 N–H and O–H groups in total. The predicted octanol–water partition coefficient (Wildman–Crippen LogP) is 2.57. The summed E-state index contributed by atoms with van der Waals surface area (Å²) >= 11 is 0. The second-order valence-corrected chi connectivity index (χ2v) is 6.21. The number of nitrogens with zero attached hydrogens (tertiary/aromatic N) is 2. The number of carbonyl (C=O) groups excluding carboxylic acids is 1. The fraction of sp³-hybridized carbons (Fsp3) is 0.917. The first kappa shape index (κ1) is 12.6. The summed E-state index contributed by atoms with van der Waals surface area (Å²) in [6.45, 7) is 6.14. The lowest BCUT2D eigenvalue weighted by molar-refractivity contribution is -0.115. The van der Waals surface area contributed by atoms with Crippen molar-refractivity contribution in [3.05, 3.63) is 0 Å². The van der Waals surface area contributed by atoms with E-state index in [1.54, 1.807) is 4.90 Å². The molecule has 0 aromatic rings. The molecule has 0 radical (unpaired) electrons. The summed E-state index contributed by atoms with van der Waals surface area (Å²) in [6, 6.07) is -0.0439. The van der Waals surface area contributed by atoms with Gasteiger partial charge in [0.05, 0.1) is 13.1 Å². The van der Waals surface area contributed by atoms with Gasteiger partial charge in [-0.05, 0) is 18.3 Å². The molecule has 3 nitrogen and oxygen atoms in total. The number of alkyl halides is 2. The fourth-order valence-corrected chi connectivity index (χ4v) is 2.73. The van der Waals surface area contributed by atoms with Gasteiger partial charge in [-0.3, -0.25) is 0 Å². The van der Waals surface area contributed by atoms with Gasteiger partial charge < -0.3 is 9.80 Å². The molecule has 2 aliphatic rings. The molecule has 0 bridgehead atoms. The van der Waals surface area contributed by atoms with Crippen LogP contribution in [0, 0.1) is 5.41 Å². The minimum atomic E-state index is -2.67. The number of halogens is 2. The molecular formula is C12H20F2N2O. The standard InChI is InChI=1S/C12H20F2N2O/c1-11(2,3)9-5-4-6-16(9)10(17)15-7-12(13,14)8-15/h9H,4-8H2,1-3H3. The number of amides is 2. The molecule has 2 rings (SSSR count). The number of carbonyl (C=O) groups is 1. The van der Waals surface area contributed by atoms with Crippen molar-refractivity contribution < 1.29 is 13.6 Å². The average molecular weight is 246 g/mol. The predicted molar refractivity (Wildman–Crippen MR) is 61.1 cm³/mol. The van der Waals surface area contributed by atoms with Gasteiger partial charge in [0.25, 0.3) is 5.92 Å². The van der Waals surface area contributed by atoms with E-state index >= 15 is 0 Å². The smallest absolute Gasteiger partial charge is 0.320 e. The van der Waals surface area contributed by atoms with Crippen LogP contribution in [0.1, 0.15) is 33.6 Å². The number of rotatable bonds is 0. The zero-order chi connectivity index (χ0) is 12.8. The molecule has 2 fully saturated rings. The van der Waals surface area contributed by atoms with Gasteiger partial charge in [-0.2, -0.15) is 0 Å². The first-order valence-electron chi connectivity index (χ1n) is 6.14. The Morgan fingerprint density at radius 3 is 2.35 bits per heavy atom. The van der Waals surface area contributed by atoms with Crippen molar-refractivity contribution in [3.63, 3.8) is 0 Å². The first-order valence-corrected chi connectivity index (χ1v) is 6.14. The van der Waals surface area contributed by atoms with Crippen molar-refractivity contribution >= 4 is 6.03 Å². The third kappa shape index (κ3) is 2.38. The van der Waals surface area contributed by atoms with Crippen LogP contribution in [0.4, 0.5) is 13.6 Å². The van der Waals surface area contributed by atoms with Gasteiger partial charge in [-0.15, -0.1) is 0 Å². The summed E-state index contributed by atoms with van der Waals surface area (Å²) in [5, 5.41) is 0. The van der Waals surface area contributed by atoms with Crippen molar-refractivity contribution in [1.82, 2.24) is 9.80 Å². The van der Waals surface area contributed by atoms with E-state index in [0.29, 0.717) is 6.54 Å². The minimum Gasteiger partial charge on any atom is -0.321 e. The van der Waals surface area contributed by atoms with Crippen LogP contribution in [0.2, 0.25) is 0 Å². The molecule has 0 aromatic carbocycles. The van der Waals surface area contributed by atoms with Crippen molar-refractivity contribution in [2.24, 2.45) is 5.41 Å². The van der Waals surface area contributed by atoms with Gasteiger partial charge in [0.15, 0.2) is 0 Å². The first-order chi connectivity index (χ1) is 7.71. The lowest BCUT2D eigenvalue weighted by atomic mass is 9.85. The summed E-state index contributed by atoms with van der Waals surface area (Å²) in [6.07, 6.45) is 1.94. The van der Waals surface area contributed by atoms with E-state index in [0.717, 1.165) is 12.8 Å². The third-order valence-corrected chi connectivity index (χ3v) is 3.61. The van der Waals surface area contributed by atoms with E-state index in [-0.39, 0.29) is 17.5 Å². The SMILES string of the molecule is CC(C)(C)C1CCCN1C(=O)N1CC(F)(F)C1. The van der Waals surface area contributed by atoms with Crippen LogP contribution in [0.5, 0.6) is 0 Å². The maximum absolute atomic E-state index is 12.8. The van der Waals surface area contributed by atoms with Gasteiger partial charge in [0.2, 0.25) is 0 Å². The summed E-state index contributed by atoms with van der Waals surface area (Å²) < 4.78 is 25.5. The molecule has 1 unspecified atom stereocenters. The van der Waals surface area contributed by atoms with Crippen LogP contribution in [-0.4, -0.2) is 47.4 Å². The Morgan fingerprint density at radius 2 is 1.88 bits per heavy atom. The van der Waals surface area contributed by atoms with Gasteiger partial charge >= 0.3 is 6.03 Å². The Morgan fingerprint density at radius 1 is 1.29 bits per heavy atom. The van der Waals surface area contributed by atoms with Crippen molar-refractivity contribution in [1.29, 1.82) is 0 Å². The monoisotopic (exact) mass is 246 g/mol. The highest BCUT2D eigenvalue weighted by molar-refractivity contribution is 5.76. The van der Waals surface area contributed by atoms with Gasteiger partial charge in [-0.25, -0.2) is 13.6 Å². The molecule has 0 spiro atoms. The molecule has 17 heavy (non-hydrogen) atoms. The topological polar surface area (TPSA) is 23.6 Å². The van der Waals surface area contributed by atoms with Crippen molar-refractivity contribution in [2.45, 2.75) is 45.6 Å². The number of hydrogen-bond acceptors (Lipinski definition) is 1.